The van der Waals surface area contributed by atoms with Crippen LogP contribution in [0.4, 0.5) is 23.2 Å². The minimum atomic E-state index is -4.75. The fourth-order valence-corrected chi connectivity index (χ4v) is 2.63. The number of anilines is 1. The predicted molar refractivity (Wildman–Crippen MR) is 93.7 cm³/mol. The van der Waals surface area contributed by atoms with E-state index >= 15 is 0 Å². The molecule has 0 saturated heterocycles. The maximum Gasteiger partial charge on any atom is 0.417 e. The molecule has 0 spiro atoms. The zero-order chi connectivity index (χ0) is 20.3. The van der Waals surface area contributed by atoms with Crippen molar-refractivity contribution < 1.29 is 22.4 Å². The first kappa shape index (κ1) is 19.0. The normalized spacial score (nSPS) is 11.0. The first-order chi connectivity index (χ1) is 13.3. The Hall–Kier alpha value is -3.73. The highest BCUT2D eigenvalue weighted by Crippen LogP contribution is 2.35. The molecule has 3 rings (SSSR count). The highest BCUT2D eigenvalue weighted by molar-refractivity contribution is 6.08. The molecule has 0 unspecified atom stereocenters. The van der Waals surface area contributed by atoms with Gasteiger partial charge in [0.25, 0.3) is 5.91 Å². The van der Waals surface area contributed by atoms with E-state index in [2.05, 4.69) is 10.3 Å². The van der Waals surface area contributed by atoms with Crippen molar-refractivity contribution in [1.29, 1.82) is 5.26 Å². The summed E-state index contributed by atoms with van der Waals surface area (Å²) in [6, 6.07) is 10.8. The summed E-state index contributed by atoms with van der Waals surface area (Å²) in [5.74, 6) is -1.41. The third-order valence-corrected chi connectivity index (χ3v) is 3.92. The smallest absolute Gasteiger partial charge is 0.322 e. The number of benzene rings is 2. The number of amides is 1. The second-order valence-corrected chi connectivity index (χ2v) is 5.75. The molecule has 8 heteroatoms. The third kappa shape index (κ3) is 3.99. The fourth-order valence-electron chi connectivity index (χ4n) is 2.63. The third-order valence-electron chi connectivity index (χ3n) is 3.92. The van der Waals surface area contributed by atoms with E-state index in [0.717, 1.165) is 24.3 Å². The van der Waals surface area contributed by atoms with Gasteiger partial charge >= 0.3 is 6.18 Å². The lowest BCUT2D eigenvalue weighted by Gasteiger charge is -2.14. The number of hydrogen-bond acceptors (Lipinski definition) is 3. The molecular formula is C20H11F4N3O. The molecule has 140 valence electrons. The summed E-state index contributed by atoms with van der Waals surface area (Å²) in [7, 11) is 0. The van der Waals surface area contributed by atoms with E-state index in [1.54, 1.807) is 0 Å². The number of nitrogens with zero attached hydrogens (tertiary/aromatic N) is 2. The molecule has 0 radical (unpaired) electrons. The number of hydrogen-bond donors (Lipinski definition) is 1. The summed E-state index contributed by atoms with van der Waals surface area (Å²) in [5, 5.41) is 11.5. The van der Waals surface area contributed by atoms with Crippen molar-refractivity contribution in [3.05, 3.63) is 83.4 Å². The Labute approximate surface area is 157 Å². The molecule has 3 aromatic rings. The van der Waals surface area contributed by atoms with Gasteiger partial charge in [-0.05, 0) is 47.5 Å². The summed E-state index contributed by atoms with van der Waals surface area (Å²) in [5.41, 5.74) is -1.28. The van der Waals surface area contributed by atoms with Crippen LogP contribution in [0.1, 0.15) is 21.5 Å². The molecule has 0 atom stereocenters. The molecule has 1 amide bonds. The van der Waals surface area contributed by atoms with Crippen LogP contribution in [0.15, 0.2) is 60.9 Å². The molecule has 0 saturated carbocycles. The number of alkyl halides is 3. The quantitative estimate of drug-likeness (QED) is 0.643. The lowest BCUT2D eigenvalue weighted by molar-refractivity contribution is -0.137. The van der Waals surface area contributed by atoms with Crippen LogP contribution >= 0.6 is 0 Å². The Morgan fingerprint density at radius 2 is 1.75 bits per heavy atom. The Morgan fingerprint density at radius 1 is 1.04 bits per heavy atom. The number of rotatable bonds is 3. The van der Waals surface area contributed by atoms with Crippen LogP contribution in [-0.4, -0.2) is 10.9 Å². The van der Waals surface area contributed by atoms with Crippen LogP contribution in [0.2, 0.25) is 0 Å². The summed E-state index contributed by atoms with van der Waals surface area (Å²) in [6.45, 7) is 0. The zero-order valence-corrected chi connectivity index (χ0v) is 14.1. The SMILES string of the molecule is N#Cc1ccc(-c2ccc(F)cc2C(=O)Nc2ccncc2)cc1C(F)(F)F. The van der Waals surface area contributed by atoms with Gasteiger partial charge in [0.2, 0.25) is 0 Å². The van der Waals surface area contributed by atoms with Crippen molar-refractivity contribution in [3.63, 3.8) is 0 Å². The Balaban J connectivity index is 2.09. The van der Waals surface area contributed by atoms with Crippen LogP contribution in [0, 0.1) is 17.1 Å². The van der Waals surface area contributed by atoms with Crippen molar-refractivity contribution >= 4 is 11.6 Å². The molecule has 0 aliphatic rings. The molecule has 28 heavy (non-hydrogen) atoms. The molecular weight excluding hydrogens is 374 g/mol. The molecule has 4 nitrogen and oxygen atoms in total. The molecule has 1 aromatic heterocycles. The fraction of sp³-hybridized carbons (Fsp3) is 0.0500. The van der Waals surface area contributed by atoms with Gasteiger partial charge in [-0.15, -0.1) is 0 Å². The number of carbonyl (C=O) groups excluding carboxylic acids is 1. The molecule has 0 bridgehead atoms. The largest absolute Gasteiger partial charge is 0.417 e. The summed E-state index contributed by atoms with van der Waals surface area (Å²) >= 11 is 0. The second kappa shape index (κ2) is 7.48. The summed E-state index contributed by atoms with van der Waals surface area (Å²) in [4.78, 5) is 16.4. The van der Waals surface area contributed by atoms with E-state index < -0.39 is 29.0 Å². The number of pyridine rings is 1. The standard InChI is InChI=1S/C20H11F4N3O/c21-14-3-4-16(12-1-2-13(11-25)18(9-12)20(22,23)24)17(10-14)19(28)27-15-5-7-26-8-6-15/h1-10H,(H,26,27,28). The topological polar surface area (TPSA) is 65.8 Å². The number of carbonyl (C=O) groups is 1. The average molecular weight is 385 g/mol. The van der Waals surface area contributed by atoms with Crippen LogP contribution in [0.25, 0.3) is 11.1 Å². The van der Waals surface area contributed by atoms with Gasteiger partial charge in [0, 0.05) is 18.1 Å². The summed E-state index contributed by atoms with van der Waals surface area (Å²) in [6.07, 6.45) is -1.86. The lowest BCUT2D eigenvalue weighted by atomic mass is 9.95. The summed E-state index contributed by atoms with van der Waals surface area (Å²) < 4.78 is 53.5. The average Bonchev–Trinajstić information content (AvgIpc) is 2.67. The molecule has 1 N–H and O–H groups in total. The first-order valence-electron chi connectivity index (χ1n) is 7.92. The first-order valence-corrected chi connectivity index (χ1v) is 7.92. The second-order valence-electron chi connectivity index (χ2n) is 5.75. The highest BCUT2D eigenvalue weighted by atomic mass is 19.4. The molecule has 0 aliphatic heterocycles. The van der Waals surface area contributed by atoms with Crippen molar-refractivity contribution in [1.82, 2.24) is 4.98 Å². The minimum Gasteiger partial charge on any atom is -0.322 e. The maximum absolute atomic E-state index is 13.7. The molecule has 0 aliphatic carbocycles. The van der Waals surface area contributed by atoms with Crippen molar-refractivity contribution in [2.75, 3.05) is 5.32 Å². The Bertz CT molecular complexity index is 1070. The van der Waals surface area contributed by atoms with Gasteiger partial charge in [-0.2, -0.15) is 18.4 Å². The zero-order valence-electron chi connectivity index (χ0n) is 14.1. The van der Waals surface area contributed by atoms with Crippen LogP contribution < -0.4 is 5.32 Å². The van der Waals surface area contributed by atoms with Crippen LogP contribution in [-0.2, 0) is 6.18 Å². The van der Waals surface area contributed by atoms with E-state index in [0.29, 0.717) is 5.69 Å². The molecule has 1 heterocycles. The maximum atomic E-state index is 13.7. The molecule has 0 fully saturated rings. The monoisotopic (exact) mass is 385 g/mol. The van der Waals surface area contributed by atoms with Gasteiger partial charge in [0.1, 0.15) is 5.82 Å². The number of nitrogens with one attached hydrogen (secondary N) is 1. The number of nitriles is 1. The van der Waals surface area contributed by atoms with E-state index in [-0.39, 0.29) is 16.7 Å². The van der Waals surface area contributed by atoms with Crippen LogP contribution in [0.5, 0.6) is 0 Å². The number of halogens is 4. The van der Waals surface area contributed by atoms with Crippen molar-refractivity contribution in [3.8, 4) is 17.2 Å². The molecule has 2 aromatic carbocycles. The van der Waals surface area contributed by atoms with E-state index in [4.69, 9.17) is 5.26 Å². The van der Waals surface area contributed by atoms with Gasteiger partial charge in [0.05, 0.1) is 22.8 Å². The minimum absolute atomic E-state index is 0.0335. The van der Waals surface area contributed by atoms with Gasteiger partial charge in [-0.25, -0.2) is 4.39 Å². The Kier molecular flexibility index (Phi) is 5.09. The van der Waals surface area contributed by atoms with Gasteiger partial charge < -0.3 is 5.32 Å². The van der Waals surface area contributed by atoms with Gasteiger partial charge in [-0.1, -0.05) is 12.1 Å². The van der Waals surface area contributed by atoms with Crippen LogP contribution in [0.3, 0.4) is 0 Å². The predicted octanol–water partition coefficient (Wildman–Crippen LogP) is 5.03. The van der Waals surface area contributed by atoms with Crippen molar-refractivity contribution in [2.24, 2.45) is 0 Å². The van der Waals surface area contributed by atoms with E-state index in [1.807, 2.05) is 0 Å². The number of aromatic nitrogens is 1. The van der Waals surface area contributed by atoms with E-state index in [9.17, 15) is 22.4 Å². The van der Waals surface area contributed by atoms with Crippen molar-refractivity contribution in [2.45, 2.75) is 6.18 Å². The van der Waals surface area contributed by atoms with Gasteiger partial charge in [0.15, 0.2) is 0 Å². The van der Waals surface area contributed by atoms with E-state index in [1.165, 1.54) is 42.7 Å². The van der Waals surface area contributed by atoms with Gasteiger partial charge in [-0.3, -0.25) is 9.78 Å². The highest BCUT2D eigenvalue weighted by Gasteiger charge is 2.34. The lowest BCUT2D eigenvalue weighted by Crippen LogP contribution is -2.14. The Morgan fingerprint density at radius 3 is 2.39 bits per heavy atom.